The van der Waals surface area contributed by atoms with Crippen LogP contribution in [0.4, 0.5) is 5.13 Å². The van der Waals surface area contributed by atoms with Gasteiger partial charge in [-0.2, -0.15) is 0 Å². The van der Waals surface area contributed by atoms with Crippen LogP contribution in [0.25, 0.3) is 0 Å². The van der Waals surface area contributed by atoms with Crippen LogP contribution in [0, 0.1) is 17.3 Å². The average Bonchev–Trinajstić information content (AvgIpc) is 3.34. The summed E-state index contributed by atoms with van der Waals surface area (Å²) >= 11 is 1.29. The lowest BCUT2D eigenvalue weighted by Gasteiger charge is -2.41. The summed E-state index contributed by atoms with van der Waals surface area (Å²) in [5, 5.41) is 18.3. The van der Waals surface area contributed by atoms with E-state index in [-0.39, 0.29) is 42.1 Å². The standard InChI is InChI=1S/C27H42N6O5S/c1-18(2)14-21-24(35)28-20-7-13-38-16-19(20)6-4-5-8-27(25(36)29-21)9-11-33(12-10-27)15-22(34)30-26-32-31-23(39-26)17-37-3/h4-5,18-21H,6-17H2,1-3H3,(H,28,35)(H,29,36)(H,30,32,34)/b5-4-/t19-,20+,21-/m1/s1. The van der Waals surface area contributed by atoms with Gasteiger partial charge in [0.1, 0.15) is 17.7 Å². The number of anilines is 1. The smallest absolute Gasteiger partial charge is 0.242 e. The minimum Gasteiger partial charge on any atom is -0.381 e. The topological polar surface area (TPSA) is 135 Å². The Morgan fingerprint density at radius 3 is 2.79 bits per heavy atom. The van der Waals surface area contributed by atoms with Gasteiger partial charge < -0.3 is 20.1 Å². The van der Waals surface area contributed by atoms with Gasteiger partial charge in [-0.3, -0.25) is 24.6 Å². The molecule has 0 saturated carbocycles. The molecule has 12 heteroatoms. The summed E-state index contributed by atoms with van der Waals surface area (Å²) in [7, 11) is 1.58. The van der Waals surface area contributed by atoms with Crippen LogP contribution in [-0.4, -0.2) is 84.9 Å². The largest absolute Gasteiger partial charge is 0.381 e. The number of rotatable bonds is 7. The van der Waals surface area contributed by atoms with Crippen molar-refractivity contribution in [3.63, 3.8) is 0 Å². The van der Waals surface area contributed by atoms with Crippen molar-refractivity contribution < 1.29 is 23.9 Å². The fourth-order valence-electron chi connectivity index (χ4n) is 5.61. The second kappa shape index (κ2) is 13.8. The third-order valence-electron chi connectivity index (χ3n) is 7.89. The maximum atomic E-state index is 13.8. The van der Waals surface area contributed by atoms with Gasteiger partial charge in [-0.25, -0.2) is 0 Å². The Morgan fingerprint density at radius 2 is 2.05 bits per heavy atom. The summed E-state index contributed by atoms with van der Waals surface area (Å²) in [6, 6.07) is -0.517. The van der Waals surface area contributed by atoms with E-state index in [1.54, 1.807) is 7.11 Å². The van der Waals surface area contributed by atoms with E-state index in [0.29, 0.717) is 68.7 Å². The summed E-state index contributed by atoms with van der Waals surface area (Å²) in [5.41, 5.74) is -0.616. The summed E-state index contributed by atoms with van der Waals surface area (Å²) in [6.07, 6.45) is 8.27. The second-order valence-electron chi connectivity index (χ2n) is 11.3. The van der Waals surface area contributed by atoms with Crippen molar-refractivity contribution in [2.45, 2.75) is 71.1 Å². The van der Waals surface area contributed by atoms with Crippen molar-refractivity contribution in [2.24, 2.45) is 17.3 Å². The van der Waals surface area contributed by atoms with Crippen LogP contribution in [-0.2, 0) is 30.5 Å². The van der Waals surface area contributed by atoms with Gasteiger partial charge in [0.2, 0.25) is 22.9 Å². The Balaban J connectivity index is 1.41. The molecule has 1 spiro atoms. The molecule has 3 atom stereocenters. The van der Waals surface area contributed by atoms with E-state index in [4.69, 9.17) is 9.47 Å². The zero-order valence-electron chi connectivity index (χ0n) is 23.2. The van der Waals surface area contributed by atoms with Crippen LogP contribution in [0.1, 0.15) is 57.4 Å². The van der Waals surface area contributed by atoms with E-state index in [9.17, 15) is 14.4 Å². The molecule has 3 N–H and O–H groups in total. The fourth-order valence-corrected chi connectivity index (χ4v) is 6.34. The van der Waals surface area contributed by atoms with Crippen LogP contribution in [0.2, 0.25) is 0 Å². The van der Waals surface area contributed by atoms with Crippen molar-refractivity contribution in [2.75, 3.05) is 45.3 Å². The van der Waals surface area contributed by atoms with Gasteiger partial charge in [-0.15, -0.1) is 10.2 Å². The molecule has 2 saturated heterocycles. The molecule has 11 nitrogen and oxygen atoms in total. The molecule has 39 heavy (non-hydrogen) atoms. The molecule has 0 aliphatic carbocycles. The van der Waals surface area contributed by atoms with Gasteiger partial charge in [-0.1, -0.05) is 37.3 Å². The van der Waals surface area contributed by atoms with Crippen LogP contribution in [0.5, 0.6) is 0 Å². The minimum absolute atomic E-state index is 0.0527. The predicted molar refractivity (Wildman–Crippen MR) is 148 cm³/mol. The molecule has 0 aromatic carbocycles. The van der Waals surface area contributed by atoms with E-state index < -0.39 is 11.5 Å². The maximum Gasteiger partial charge on any atom is 0.242 e. The highest BCUT2D eigenvalue weighted by molar-refractivity contribution is 7.15. The van der Waals surface area contributed by atoms with Crippen LogP contribution < -0.4 is 16.0 Å². The molecule has 216 valence electrons. The molecule has 2 fully saturated rings. The van der Waals surface area contributed by atoms with E-state index >= 15 is 0 Å². The first-order valence-corrected chi connectivity index (χ1v) is 14.8. The molecular weight excluding hydrogens is 520 g/mol. The number of nitrogens with one attached hydrogen (secondary N) is 3. The first-order valence-electron chi connectivity index (χ1n) is 14.0. The molecular formula is C27H42N6O5S. The molecule has 1 aromatic rings. The van der Waals surface area contributed by atoms with Gasteiger partial charge >= 0.3 is 0 Å². The monoisotopic (exact) mass is 562 g/mol. The number of nitrogens with zero attached hydrogens (tertiary/aromatic N) is 3. The minimum atomic E-state index is -0.616. The zero-order chi connectivity index (χ0) is 27.8. The summed E-state index contributed by atoms with van der Waals surface area (Å²) in [5.74, 6) is 0.152. The highest BCUT2D eigenvalue weighted by Gasteiger charge is 2.42. The van der Waals surface area contributed by atoms with Gasteiger partial charge in [0.05, 0.1) is 18.6 Å². The van der Waals surface area contributed by atoms with Crippen LogP contribution >= 0.6 is 11.3 Å². The number of carbonyl (C=O) groups excluding carboxylic acids is 3. The molecule has 3 aliphatic rings. The van der Waals surface area contributed by atoms with Crippen molar-refractivity contribution >= 4 is 34.2 Å². The van der Waals surface area contributed by atoms with E-state index in [2.05, 4.69) is 57.0 Å². The lowest BCUT2D eigenvalue weighted by Crippen LogP contribution is -2.57. The molecule has 0 bridgehead atoms. The Hall–Kier alpha value is -2.41. The predicted octanol–water partition coefficient (Wildman–Crippen LogP) is 2.11. The van der Waals surface area contributed by atoms with E-state index in [0.717, 1.165) is 12.8 Å². The molecule has 4 heterocycles. The quantitative estimate of drug-likeness (QED) is 0.430. The number of piperidine rings is 1. The molecule has 0 unspecified atom stereocenters. The number of aromatic nitrogens is 2. The van der Waals surface area contributed by atoms with Crippen molar-refractivity contribution in [1.82, 2.24) is 25.7 Å². The molecule has 0 radical (unpaired) electrons. The number of carbonyl (C=O) groups is 3. The Morgan fingerprint density at radius 1 is 1.26 bits per heavy atom. The number of fused-ring (bicyclic) bond motifs is 1. The lowest BCUT2D eigenvalue weighted by atomic mass is 9.74. The molecule has 4 rings (SSSR count). The third kappa shape index (κ3) is 8.06. The van der Waals surface area contributed by atoms with Crippen LogP contribution in [0.3, 0.4) is 0 Å². The number of ether oxygens (including phenoxy) is 2. The van der Waals surface area contributed by atoms with Crippen molar-refractivity contribution in [1.29, 1.82) is 0 Å². The van der Waals surface area contributed by atoms with Gasteiger partial charge in [0.15, 0.2) is 0 Å². The van der Waals surface area contributed by atoms with Gasteiger partial charge in [-0.05, 0) is 57.5 Å². The highest BCUT2D eigenvalue weighted by Crippen LogP contribution is 2.37. The third-order valence-corrected chi connectivity index (χ3v) is 8.70. The Kier molecular flexibility index (Phi) is 10.4. The Labute approximate surface area is 234 Å². The highest BCUT2D eigenvalue weighted by atomic mass is 32.1. The van der Waals surface area contributed by atoms with Crippen molar-refractivity contribution in [3.05, 3.63) is 17.2 Å². The van der Waals surface area contributed by atoms with Crippen LogP contribution in [0.15, 0.2) is 12.2 Å². The summed E-state index contributed by atoms with van der Waals surface area (Å²) < 4.78 is 10.8. The number of amides is 3. The zero-order valence-corrected chi connectivity index (χ0v) is 24.1. The number of methoxy groups -OCH3 is 1. The summed E-state index contributed by atoms with van der Waals surface area (Å²) in [4.78, 5) is 41.8. The normalized spacial score (nSPS) is 27.1. The van der Waals surface area contributed by atoms with E-state index in [1.807, 2.05) is 0 Å². The molecule has 3 amide bonds. The summed E-state index contributed by atoms with van der Waals surface area (Å²) in [6.45, 7) is 7.19. The number of allylic oxidation sites excluding steroid dienone is 2. The Bertz CT molecular complexity index is 1020. The van der Waals surface area contributed by atoms with Crippen molar-refractivity contribution in [3.8, 4) is 0 Å². The molecule has 3 aliphatic heterocycles. The first kappa shape index (κ1) is 29.6. The maximum absolute atomic E-state index is 13.8. The average molecular weight is 563 g/mol. The molecule has 1 aromatic heterocycles. The van der Waals surface area contributed by atoms with Gasteiger partial charge in [0.25, 0.3) is 0 Å². The fraction of sp³-hybridized carbons (Fsp3) is 0.741. The SMILES string of the molecule is COCc1nnc(NC(=O)CN2CCC3(C/C=C\C[C@@H]4COCC[C@@H]4NC(=O)[C@@H](CC(C)C)NC3=O)CC2)s1. The first-order chi connectivity index (χ1) is 18.8. The number of hydrogen-bond acceptors (Lipinski definition) is 9. The van der Waals surface area contributed by atoms with E-state index in [1.165, 1.54) is 11.3 Å². The number of likely N-dealkylation sites (tertiary alicyclic amines) is 1. The van der Waals surface area contributed by atoms with Gasteiger partial charge in [0, 0.05) is 25.7 Å². The second-order valence-corrected chi connectivity index (χ2v) is 12.4. The number of hydrogen-bond donors (Lipinski definition) is 3. The lowest BCUT2D eigenvalue weighted by molar-refractivity contribution is -0.138.